The zero-order valence-electron chi connectivity index (χ0n) is 11.4. The van der Waals surface area contributed by atoms with Crippen LogP contribution in [0.5, 0.6) is 5.75 Å². The van der Waals surface area contributed by atoms with Crippen molar-refractivity contribution in [2.75, 3.05) is 33.9 Å². The summed E-state index contributed by atoms with van der Waals surface area (Å²) in [6, 6.07) is 5.95. The van der Waals surface area contributed by atoms with Gasteiger partial charge in [0.05, 0.1) is 26.4 Å². The molecule has 102 valence electrons. The van der Waals surface area contributed by atoms with Gasteiger partial charge in [0.15, 0.2) is 0 Å². The monoisotopic (exact) mass is 253 g/mol. The van der Waals surface area contributed by atoms with Crippen molar-refractivity contribution in [1.82, 2.24) is 4.90 Å². The van der Waals surface area contributed by atoms with Gasteiger partial charge < -0.3 is 14.9 Å². The van der Waals surface area contributed by atoms with E-state index in [4.69, 9.17) is 14.9 Å². The van der Waals surface area contributed by atoms with Crippen molar-refractivity contribution in [2.45, 2.75) is 19.4 Å². The first-order chi connectivity index (χ1) is 8.62. The third kappa shape index (κ3) is 3.98. The minimum Gasteiger partial charge on any atom is -0.496 e. The van der Waals surface area contributed by atoms with Crippen molar-refractivity contribution >= 4 is 0 Å². The topological polar surface area (TPSA) is 52.9 Å². The Hall–Kier alpha value is -1.10. The number of benzene rings is 1. The molecule has 0 bridgehead atoms. The van der Waals surface area contributed by atoms with Crippen LogP contribution in [0, 0.1) is 6.92 Å². The average Bonchev–Trinajstić information content (AvgIpc) is 2.38. The van der Waals surface area contributed by atoms with Crippen molar-refractivity contribution < 1.29 is 14.9 Å². The number of rotatable bonds is 7. The second-order valence-electron chi connectivity index (χ2n) is 4.55. The van der Waals surface area contributed by atoms with Gasteiger partial charge >= 0.3 is 0 Å². The summed E-state index contributed by atoms with van der Waals surface area (Å²) in [5.74, 6) is 0.899. The molecule has 2 N–H and O–H groups in total. The Morgan fingerprint density at radius 3 is 2.44 bits per heavy atom. The molecule has 0 spiro atoms. The highest BCUT2D eigenvalue weighted by molar-refractivity contribution is 5.36. The lowest BCUT2D eigenvalue weighted by Crippen LogP contribution is -2.38. The molecule has 0 saturated carbocycles. The number of hydrogen-bond acceptors (Lipinski definition) is 4. The molecule has 0 unspecified atom stereocenters. The third-order valence-electron chi connectivity index (χ3n) is 3.26. The van der Waals surface area contributed by atoms with Crippen LogP contribution < -0.4 is 4.74 Å². The first-order valence-corrected chi connectivity index (χ1v) is 6.17. The number of methoxy groups -OCH3 is 1. The van der Waals surface area contributed by atoms with Crippen LogP contribution in [0.2, 0.25) is 0 Å². The lowest BCUT2D eigenvalue weighted by molar-refractivity contribution is 0.0925. The van der Waals surface area contributed by atoms with E-state index >= 15 is 0 Å². The van der Waals surface area contributed by atoms with Gasteiger partial charge in [-0.3, -0.25) is 4.90 Å². The van der Waals surface area contributed by atoms with E-state index in [1.54, 1.807) is 7.11 Å². The molecule has 0 fully saturated rings. The Kier molecular flexibility index (Phi) is 6.12. The van der Waals surface area contributed by atoms with Crippen LogP contribution in [-0.4, -0.2) is 55.1 Å². The van der Waals surface area contributed by atoms with Crippen LogP contribution in [0.15, 0.2) is 18.2 Å². The number of hydrogen-bond donors (Lipinski definition) is 2. The van der Waals surface area contributed by atoms with E-state index in [0.717, 1.165) is 24.3 Å². The summed E-state index contributed by atoms with van der Waals surface area (Å²) in [6.07, 6.45) is 0.887. The van der Waals surface area contributed by atoms with Gasteiger partial charge in [-0.25, -0.2) is 0 Å². The highest BCUT2D eigenvalue weighted by atomic mass is 16.5. The van der Waals surface area contributed by atoms with E-state index in [1.165, 1.54) is 5.56 Å². The molecule has 4 heteroatoms. The zero-order chi connectivity index (χ0) is 13.5. The minimum atomic E-state index is -0.177. The molecule has 0 aromatic heterocycles. The predicted molar refractivity (Wildman–Crippen MR) is 72.0 cm³/mol. The molecule has 0 amide bonds. The van der Waals surface area contributed by atoms with Crippen LogP contribution in [0.25, 0.3) is 0 Å². The maximum Gasteiger partial charge on any atom is 0.121 e. The van der Waals surface area contributed by atoms with E-state index in [-0.39, 0.29) is 19.3 Å². The molecule has 0 heterocycles. The lowest BCUT2D eigenvalue weighted by Gasteiger charge is -2.24. The molecular weight excluding hydrogens is 230 g/mol. The summed E-state index contributed by atoms with van der Waals surface area (Å²) in [5.41, 5.74) is 2.35. The summed E-state index contributed by atoms with van der Waals surface area (Å²) < 4.78 is 5.22. The van der Waals surface area contributed by atoms with E-state index < -0.39 is 0 Å². The molecule has 4 nitrogen and oxygen atoms in total. The van der Waals surface area contributed by atoms with Crippen LogP contribution >= 0.6 is 0 Å². The Labute approximate surface area is 109 Å². The van der Waals surface area contributed by atoms with Gasteiger partial charge in [0.25, 0.3) is 0 Å². The van der Waals surface area contributed by atoms with E-state index in [1.807, 2.05) is 31.0 Å². The number of nitrogens with zero attached hydrogens (tertiary/aromatic N) is 1. The molecule has 18 heavy (non-hydrogen) atoms. The molecular formula is C14H23NO3. The first-order valence-electron chi connectivity index (χ1n) is 6.17. The van der Waals surface area contributed by atoms with Gasteiger partial charge in [-0.2, -0.15) is 0 Å². The van der Waals surface area contributed by atoms with Gasteiger partial charge in [-0.05, 0) is 37.6 Å². The fourth-order valence-electron chi connectivity index (χ4n) is 1.92. The summed E-state index contributed by atoms with van der Waals surface area (Å²) in [4.78, 5) is 1.97. The van der Waals surface area contributed by atoms with Crippen molar-refractivity contribution in [1.29, 1.82) is 0 Å². The highest BCUT2D eigenvalue weighted by Crippen LogP contribution is 2.18. The minimum absolute atomic E-state index is 0.0192. The molecule has 0 aliphatic rings. The molecule has 0 radical (unpaired) electrons. The van der Waals surface area contributed by atoms with Crippen molar-refractivity contribution in [3.8, 4) is 5.75 Å². The third-order valence-corrected chi connectivity index (χ3v) is 3.26. The normalized spacial score (nSPS) is 11.3. The molecule has 0 aliphatic heterocycles. The second-order valence-corrected chi connectivity index (χ2v) is 4.55. The fraction of sp³-hybridized carbons (Fsp3) is 0.571. The van der Waals surface area contributed by atoms with Crippen LogP contribution in [0.4, 0.5) is 0 Å². The Bertz CT molecular complexity index is 364. The fourth-order valence-corrected chi connectivity index (χ4v) is 1.92. The van der Waals surface area contributed by atoms with Gasteiger partial charge in [0.2, 0.25) is 0 Å². The molecule has 1 aromatic carbocycles. The quantitative estimate of drug-likeness (QED) is 0.756. The van der Waals surface area contributed by atoms with Crippen LogP contribution in [-0.2, 0) is 6.42 Å². The average molecular weight is 253 g/mol. The molecule has 1 aromatic rings. The van der Waals surface area contributed by atoms with Gasteiger partial charge in [-0.15, -0.1) is 0 Å². The number of likely N-dealkylation sites (N-methyl/N-ethyl adjacent to an activating group) is 1. The van der Waals surface area contributed by atoms with Crippen LogP contribution in [0.3, 0.4) is 0 Å². The van der Waals surface area contributed by atoms with E-state index in [2.05, 4.69) is 6.07 Å². The van der Waals surface area contributed by atoms with Crippen molar-refractivity contribution in [2.24, 2.45) is 0 Å². The molecule has 0 aliphatic carbocycles. The lowest BCUT2D eigenvalue weighted by atomic mass is 10.1. The van der Waals surface area contributed by atoms with Gasteiger partial charge in [0.1, 0.15) is 5.75 Å². The van der Waals surface area contributed by atoms with Crippen molar-refractivity contribution in [3.05, 3.63) is 29.3 Å². The van der Waals surface area contributed by atoms with Gasteiger partial charge in [-0.1, -0.05) is 12.1 Å². The van der Waals surface area contributed by atoms with Gasteiger partial charge in [0, 0.05) is 6.54 Å². The smallest absolute Gasteiger partial charge is 0.121 e. The highest BCUT2D eigenvalue weighted by Gasteiger charge is 2.12. The van der Waals surface area contributed by atoms with E-state index in [0.29, 0.717) is 0 Å². The largest absolute Gasteiger partial charge is 0.496 e. The van der Waals surface area contributed by atoms with Crippen molar-refractivity contribution in [3.63, 3.8) is 0 Å². The molecule has 1 rings (SSSR count). The number of aliphatic hydroxyl groups is 2. The predicted octanol–water partition coefficient (Wildman–Crippen LogP) is 0.831. The maximum atomic E-state index is 9.09. The summed E-state index contributed by atoms with van der Waals surface area (Å²) in [6.45, 7) is 2.79. The Morgan fingerprint density at radius 1 is 1.28 bits per heavy atom. The number of ether oxygens (including phenoxy) is 1. The maximum absolute atomic E-state index is 9.09. The van der Waals surface area contributed by atoms with E-state index in [9.17, 15) is 0 Å². The summed E-state index contributed by atoms with van der Waals surface area (Å²) >= 11 is 0. The summed E-state index contributed by atoms with van der Waals surface area (Å²) in [5, 5.41) is 18.2. The molecule has 0 atom stereocenters. The molecule has 0 saturated heterocycles. The first kappa shape index (κ1) is 15.0. The van der Waals surface area contributed by atoms with Crippen LogP contribution in [0.1, 0.15) is 11.1 Å². The second kappa shape index (κ2) is 7.36. The number of aliphatic hydroxyl groups excluding tert-OH is 2. The Balaban J connectivity index is 2.55. The Morgan fingerprint density at radius 2 is 1.94 bits per heavy atom. The summed E-state index contributed by atoms with van der Waals surface area (Å²) in [7, 11) is 3.58. The zero-order valence-corrected chi connectivity index (χ0v) is 11.4. The standard InChI is InChI=1S/C14H23NO3/c1-11-8-12(4-5-14(11)18-3)6-7-15(2)13(9-16)10-17/h4-5,8,13,16-17H,6-7,9-10H2,1-3H3. The number of aryl methyl sites for hydroxylation is 1. The SMILES string of the molecule is COc1ccc(CCN(C)C(CO)CO)cc1C.